The number of nitrogens with zero attached hydrogens (tertiary/aromatic N) is 3. The predicted molar refractivity (Wildman–Crippen MR) is 87.7 cm³/mol. The van der Waals surface area contributed by atoms with E-state index in [1.54, 1.807) is 0 Å². The fourth-order valence-corrected chi connectivity index (χ4v) is 4.26. The number of aromatic nitrogens is 2. The highest BCUT2D eigenvalue weighted by Gasteiger charge is 2.28. The molecule has 0 radical (unpaired) electrons. The van der Waals surface area contributed by atoms with Crippen LogP contribution in [0.5, 0.6) is 0 Å². The van der Waals surface area contributed by atoms with Crippen molar-refractivity contribution in [3.63, 3.8) is 0 Å². The highest BCUT2D eigenvalue weighted by atomic mass is 32.2. The van der Waals surface area contributed by atoms with Crippen LogP contribution in [0.2, 0.25) is 0 Å². The van der Waals surface area contributed by atoms with Gasteiger partial charge in [-0.2, -0.15) is 0 Å². The van der Waals surface area contributed by atoms with E-state index in [2.05, 4.69) is 9.97 Å². The van der Waals surface area contributed by atoms with Crippen LogP contribution < -0.4 is 4.31 Å². The van der Waals surface area contributed by atoms with Crippen LogP contribution in [-0.4, -0.2) is 25.4 Å². The maximum absolute atomic E-state index is 13.0. The molecule has 5 nitrogen and oxygen atoms in total. The number of hydrogen-bond donors (Lipinski definition) is 0. The van der Waals surface area contributed by atoms with E-state index < -0.39 is 10.0 Å². The van der Waals surface area contributed by atoms with Crippen molar-refractivity contribution in [1.82, 2.24) is 9.97 Å². The fraction of sp³-hybridized carbons (Fsp3) is 0.375. The molecule has 1 aromatic heterocycles. The second kappa shape index (κ2) is 5.68. The Balaban J connectivity index is 2.71. The van der Waals surface area contributed by atoms with Crippen molar-refractivity contribution in [2.24, 2.45) is 0 Å². The van der Waals surface area contributed by atoms with E-state index in [9.17, 15) is 8.42 Å². The van der Waals surface area contributed by atoms with Crippen molar-refractivity contribution in [3.05, 3.63) is 46.4 Å². The molecular weight excluding hydrogens is 298 g/mol. The molecule has 0 amide bonds. The summed E-state index contributed by atoms with van der Waals surface area (Å²) >= 11 is 0. The van der Waals surface area contributed by atoms with Crippen LogP contribution in [0.15, 0.2) is 23.5 Å². The van der Waals surface area contributed by atoms with E-state index in [0.717, 1.165) is 27.8 Å². The van der Waals surface area contributed by atoms with Crippen LogP contribution in [0.3, 0.4) is 0 Å². The quantitative estimate of drug-likeness (QED) is 0.872. The molecule has 0 N–H and O–H groups in total. The Hall–Kier alpha value is -1.95. The molecule has 6 heteroatoms. The zero-order valence-electron chi connectivity index (χ0n) is 13.8. The van der Waals surface area contributed by atoms with Crippen LogP contribution in [0.1, 0.15) is 27.8 Å². The summed E-state index contributed by atoms with van der Waals surface area (Å²) in [5, 5.41) is 0. The Morgan fingerprint density at radius 2 is 1.36 bits per heavy atom. The summed E-state index contributed by atoms with van der Waals surface area (Å²) in [6, 6.07) is 0. The molecule has 1 heterocycles. The Bertz CT molecular complexity index is 786. The van der Waals surface area contributed by atoms with Crippen molar-refractivity contribution >= 4 is 15.8 Å². The highest BCUT2D eigenvalue weighted by Crippen LogP contribution is 2.32. The summed E-state index contributed by atoms with van der Waals surface area (Å²) in [4.78, 5) is 8.38. The van der Waals surface area contributed by atoms with Gasteiger partial charge in [-0.1, -0.05) is 0 Å². The molecule has 0 spiro atoms. The SMILES string of the molecule is Cc1c(C)c(C)c(S(=O)(=O)N(C)c2cnccn2)c(C)c1C. The molecule has 0 saturated carbocycles. The lowest BCUT2D eigenvalue weighted by molar-refractivity contribution is 0.592. The predicted octanol–water partition coefficient (Wildman–Crippen LogP) is 2.84. The van der Waals surface area contributed by atoms with E-state index in [4.69, 9.17) is 0 Å². The van der Waals surface area contributed by atoms with Crippen LogP contribution in [0, 0.1) is 34.6 Å². The molecule has 0 atom stereocenters. The minimum Gasteiger partial charge on any atom is -0.259 e. The smallest absolute Gasteiger partial charge is 0.259 e. The maximum Gasteiger partial charge on any atom is 0.265 e. The zero-order chi connectivity index (χ0) is 16.7. The van der Waals surface area contributed by atoms with Gasteiger partial charge in [-0.3, -0.25) is 9.29 Å². The number of sulfonamides is 1. The van der Waals surface area contributed by atoms with E-state index in [1.165, 1.54) is 29.9 Å². The number of anilines is 1. The molecule has 0 aliphatic rings. The van der Waals surface area contributed by atoms with Gasteiger partial charge in [0.05, 0.1) is 11.1 Å². The summed E-state index contributed by atoms with van der Waals surface area (Å²) in [6.45, 7) is 9.64. The first kappa shape index (κ1) is 16.4. The van der Waals surface area contributed by atoms with E-state index in [0.29, 0.717) is 10.7 Å². The fourth-order valence-electron chi connectivity index (χ4n) is 2.57. The van der Waals surface area contributed by atoms with E-state index in [-0.39, 0.29) is 0 Å². The van der Waals surface area contributed by atoms with Gasteiger partial charge in [0.1, 0.15) is 0 Å². The van der Waals surface area contributed by atoms with E-state index >= 15 is 0 Å². The monoisotopic (exact) mass is 319 g/mol. The van der Waals surface area contributed by atoms with Crippen LogP contribution in [0.4, 0.5) is 5.82 Å². The maximum atomic E-state index is 13.0. The van der Waals surface area contributed by atoms with Gasteiger partial charge in [-0.05, 0) is 62.4 Å². The van der Waals surface area contributed by atoms with Crippen molar-refractivity contribution in [3.8, 4) is 0 Å². The molecule has 0 unspecified atom stereocenters. The first-order valence-electron chi connectivity index (χ1n) is 7.01. The van der Waals surface area contributed by atoms with Crippen molar-refractivity contribution in [2.45, 2.75) is 39.5 Å². The van der Waals surface area contributed by atoms with Gasteiger partial charge in [0.2, 0.25) is 0 Å². The van der Waals surface area contributed by atoms with Crippen LogP contribution in [-0.2, 0) is 10.0 Å². The van der Waals surface area contributed by atoms with Gasteiger partial charge in [-0.25, -0.2) is 13.4 Å². The second-order valence-electron chi connectivity index (χ2n) is 5.49. The van der Waals surface area contributed by atoms with Crippen molar-refractivity contribution in [1.29, 1.82) is 0 Å². The Morgan fingerprint density at radius 1 is 0.864 bits per heavy atom. The third-order valence-corrected chi connectivity index (χ3v) is 6.46. The Labute approximate surface area is 132 Å². The lowest BCUT2D eigenvalue weighted by Crippen LogP contribution is -2.29. The normalized spacial score (nSPS) is 11.5. The zero-order valence-corrected chi connectivity index (χ0v) is 14.6. The lowest BCUT2D eigenvalue weighted by Gasteiger charge is -2.23. The first-order chi connectivity index (χ1) is 10.2. The Morgan fingerprint density at radius 3 is 1.82 bits per heavy atom. The highest BCUT2D eigenvalue weighted by molar-refractivity contribution is 7.92. The third kappa shape index (κ3) is 2.47. The molecule has 0 aliphatic heterocycles. The summed E-state index contributed by atoms with van der Waals surface area (Å²) in [5.74, 6) is 0.303. The molecule has 2 aromatic rings. The number of benzene rings is 1. The molecule has 0 bridgehead atoms. The first-order valence-corrected chi connectivity index (χ1v) is 8.45. The largest absolute Gasteiger partial charge is 0.265 e. The van der Waals surface area contributed by atoms with Gasteiger partial charge in [0.15, 0.2) is 5.82 Å². The van der Waals surface area contributed by atoms with Gasteiger partial charge in [0.25, 0.3) is 10.0 Å². The summed E-state index contributed by atoms with van der Waals surface area (Å²) in [7, 11) is -2.18. The van der Waals surface area contributed by atoms with Gasteiger partial charge < -0.3 is 0 Å². The minimum absolute atomic E-state index is 0.303. The lowest BCUT2D eigenvalue weighted by atomic mass is 9.95. The number of hydrogen-bond acceptors (Lipinski definition) is 4. The molecule has 1 aromatic carbocycles. The van der Waals surface area contributed by atoms with E-state index in [1.807, 2.05) is 34.6 Å². The van der Waals surface area contributed by atoms with Crippen molar-refractivity contribution in [2.75, 3.05) is 11.4 Å². The summed E-state index contributed by atoms with van der Waals surface area (Å²) in [5.41, 5.74) is 4.73. The molecule has 0 saturated heterocycles. The molecule has 22 heavy (non-hydrogen) atoms. The van der Waals surface area contributed by atoms with Gasteiger partial charge in [0, 0.05) is 19.4 Å². The summed E-state index contributed by atoms with van der Waals surface area (Å²) in [6.07, 6.45) is 4.43. The summed E-state index contributed by atoms with van der Waals surface area (Å²) < 4.78 is 27.3. The molecular formula is C16H21N3O2S. The van der Waals surface area contributed by atoms with Crippen LogP contribution in [0.25, 0.3) is 0 Å². The minimum atomic E-state index is -3.68. The average Bonchev–Trinajstić information content (AvgIpc) is 2.51. The third-order valence-electron chi connectivity index (χ3n) is 4.42. The second-order valence-corrected chi connectivity index (χ2v) is 7.40. The Kier molecular flexibility index (Phi) is 4.24. The van der Waals surface area contributed by atoms with Crippen LogP contribution >= 0.6 is 0 Å². The van der Waals surface area contributed by atoms with Crippen molar-refractivity contribution < 1.29 is 8.42 Å². The van der Waals surface area contributed by atoms with Gasteiger partial charge in [-0.15, -0.1) is 0 Å². The number of rotatable bonds is 3. The van der Waals surface area contributed by atoms with Gasteiger partial charge >= 0.3 is 0 Å². The molecule has 118 valence electrons. The standard InChI is InChI=1S/C16H21N3O2S/c1-10-11(2)13(4)16(14(5)12(10)3)22(20,21)19(6)15-9-17-7-8-18-15/h7-9H,1-6H3. The average molecular weight is 319 g/mol. The topological polar surface area (TPSA) is 63.2 Å². The molecule has 0 fully saturated rings. The molecule has 0 aliphatic carbocycles. The molecule has 2 rings (SSSR count).